The number of amides is 1. The quantitative estimate of drug-likeness (QED) is 0.00626. The first-order valence-electron chi connectivity index (χ1n) is 26.0. The van der Waals surface area contributed by atoms with Crippen LogP contribution in [0.1, 0.15) is 0 Å². The number of hydrogen-bond acceptors (Lipinski definition) is 23. The first-order valence-corrected chi connectivity index (χ1v) is 41.7. The molecule has 1 amide bonds. The fraction of sp³-hybridized carbons (Fsp3) is 0.373. The Bertz CT molecular complexity index is 3430. The van der Waals surface area contributed by atoms with E-state index in [1.165, 1.54) is 72.7 Å². The van der Waals surface area contributed by atoms with Gasteiger partial charge in [0.15, 0.2) is 18.8 Å². The number of benzene rings is 5. The van der Waals surface area contributed by atoms with Crippen molar-refractivity contribution in [2.45, 2.75) is 24.5 Å². The number of primary sulfonamides is 5. The lowest BCUT2D eigenvalue weighted by atomic mass is 10.1. The summed E-state index contributed by atoms with van der Waals surface area (Å²) in [5, 5.41) is 27.1. The first-order chi connectivity index (χ1) is 43.4. The van der Waals surface area contributed by atoms with E-state index in [2.05, 4.69) is 34.0 Å². The van der Waals surface area contributed by atoms with Crippen molar-refractivity contribution < 1.29 is 65.3 Å². The second kappa shape index (κ2) is 54.8. The largest absolute Gasteiger partial charge is 0.384 e. The summed E-state index contributed by atoms with van der Waals surface area (Å²) in [7, 11) is 3.95. The summed E-state index contributed by atoms with van der Waals surface area (Å²) in [4.78, 5) is 30.2. The number of nitrogens with one attached hydrogen (secondary N) is 1. The Kier molecular flexibility index (Phi) is 56.7. The van der Waals surface area contributed by atoms with E-state index < -0.39 is 66.9 Å². The van der Waals surface area contributed by atoms with Gasteiger partial charge >= 0.3 is 0 Å². The molecule has 517 valence electrons. The lowest BCUT2D eigenvalue weighted by Crippen LogP contribution is -2.31. The minimum Gasteiger partial charge on any atom is -0.384 e. The smallest absolute Gasteiger partial charge is 0.238 e. The molecule has 0 fully saturated rings. The highest BCUT2D eigenvalue weighted by Gasteiger charge is 2.15. The monoisotopic (exact) mass is 1550 g/mol. The van der Waals surface area contributed by atoms with Crippen molar-refractivity contribution in [3.05, 3.63) is 127 Å². The van der Waals surface area contributed by atoms with Crippen LogP contribution in [0.5, 0.6) is 0 Å². The highest BCUT2D eigenvalue weighted by atomic mass is 35.5. The SMILES string of the molecule is CSCCN.CSCCNc1ccc(S(N)(=O)=O)cc1.ClCCCl.NS(=O)(=O)c1ccc(F)cc1.[B].[B]C(=O)Cl.[B]C(=O)N(CCSC)c1ccc(S(N)(=O)=O)cc1.[B]CN(CCSC)c1ccc(S(N)(=O)=O)cc1.[B]CN(CCSOOC)c1ccc(S(N)(=O)=O)cc1. The normalized spacial score (nSPS) is 10.7. The Morgan fingerprint density at radius 3 is 1.07 bits per heavy atom. The second-order valence-corrected chi connectivity index (χ2v) is 30.7. The highest BCUT2D eigenvalue weighted by molar-refractivity contribution is 7.99. The highest BCUT2D eigenvalue weighted by Crippen LogP contribution is 2.21. The van der Waals surface area contributed by atoms with Crippen LogP contribution in [0, 0.1) is 5.82 Å². The molecule has 0 aliphatic heterocycles. The molecule has 5 aromatic carbocycles. The van der Waals surface area contributed by atoms with Crippen LogP contribution < -0.4 is 51.4 Å². The van der Waals surface area contributed by atoms with Crippen LogP contribution in [-0.2, 0) is 59.3 Å². The molecule has 5 rings (SSSR count). The van der Waals surface area contributed by atoms with Gasteiger partial charge < -0.3 is 25.8 Å². The molecule has 0 spiro atoms. The van der Waals surface area contributed by atoms with E-state index in [1.54, 1.807) is 83.4 Å². The molecule has 94 heavy (non-hydrogen) atoms. The van der Waals surface area contributed by atoms with Gasteiger partial charge in [-0.1, -0.05) is 11.6 Å². The van der Waals surface area contributed by atoms with Crippen LogP contribution in [0.25, 0.3) is 0 Å². The van der Waals surface area contributed by atoms with Crippen molar-refractivity contribution >= 4 is 218 Å². The van der Waals surface area contributed by atoms with Gasteiger partial charge in [-0.25, -0.2) is 77.1 Å². The summed E-state index contributed by atoms with van der Waals surface area (Å²) in [5.74, 6) is 4.50. The zero-order valence-corrected chi connectivity index (χ0v) is 62.4. The van der Waals surface area contributed by atoms with E-state index in [-0.39, 0.29) is 32.9 Å². The molecular weight excluding hydrogens is 1480 g/mol. The second-order valence-electron chi connectivity index (χ2n) is 17.0. The van der Waals surface area contributed by atoms with Gasteiger partial charge in [-0.05, 0) is 159 Å². The molecule has 0 aliphatic rings. The zero-order valence-electron chi connectivity index (χ0n) is 51.9. The summed E-state index contributed by atoms with van der Waals surface area (Å²) in [6, 6.07) is 29.1. The molecular formula is C51H76B5Cl3FN10O14S10. The minimum absolute atomic E-state index is 0. The van der Waals surface area contributed by atoms with Gasteiger partial charge in [0.05, 0.1) is 47.3 Å². The number of alkyl halides is 2. The van der Waals surface area contributed by atoms with Crippen LogP contribution in [0.4, 0.5) is 36.7 Å². The van der Waals surface area contributed by atoms with E-state index in [0.717, 1.165) is 96.0 Å². The van der Waals surface area contributed by atoms with Gasteiger partial charge in [-0.2, -0.15) is 51.4 Å². The zero-order chi connectivity index (χ0) is 71.9. The average molecular weight is 1550 g/mol. The molecule has 0 unspecified atom stereocenters. The number of carbonyl (C=O) groups is 2. The summed E-state index contributed by atoms with van der Waals surface area (Å²) in [6.45, 7) is 3.59. The van der Waals surface area contributed by atoms with E-state index in [1.807, 2.05) is 34.8 Å². The van der Waals surface area contributed by atoms with Crippen molar-refractivity contribution in [2.24, 2.45) is 31.4 Å². The molecule has 24 nitrogen and oxygen atoms in total. The first kappa shape index (κ1) is 97.3. The number of thioether (sulfide) groups is 4. The maximum absolute atomic E-state index is 12.2. The van der Waals surface area contributed by atoms with E-state index in [4.69, 9.17) is 83.0 Å². The third kappa shape index (κ3) is 48.6. The maximum Gasteiger partial charge on any atom is 0.238 e. The number of hydrogen-bond donors (Lipinski definition) is 7. The van der Waals surface area contributed by atoms with Crippen LogP contribution in [0.3, 0.4) is 0 Å². The molecule has 0 aliphatic carbocycles. The average Bonchev–Trinajstić information content (AvgIpc) is 0.895. The predicted octanol–water partition coefficient (Wildman–Crippen LogP) is 5.40. The Morgan fingerprint density at radius 1 is 0.511 bits per heavy atom. The van der Waals surface area contributed by atoms with Crippen LogP contribution >= 0.6 is 93.9 Å². The topological polar surface area (TPSA) is 401 Å². The van der Waals surface area contributed by atoms with Crippen LogP contribution in [0.2, 0.25) is 0 Å². The molecule has 0 bridgehead atoms. The predicted molar refractivity (Wildman–Crippen MR) is 399 cm³/mol. The Labute approximate surface area is 598 Å². The van der Waals surface area contributed by atoms with Gasteiger partial charge in [0.1, 0.15) is 5.82 Å². The third-order valence-corrected chi connectivity index (χ3v) is 18.5. The summed E-state index contributed by atoms with van der Waals surface area (Å²) < 4.78 is 127. The molecule has 0 saturated heterocycles. The number of nitrogens with zero attached hydrogens (tertiary/aromatic N) is 3. The summed E-state index contributed by atoms with van der Waals surface area (Å²) in [6.07, 6.45) is 8.73. The molecule has 0 aromatic heterocycles. The number of halogens is 4. The van der Waals surface area contributed by atoms with E-state index in [9.17, 15) is 51.3 Å². The van der Waals surface area contributed by atoms with Gasteiger partial charge in [0.2, 0.25) is 58.0 Å². The molecule has 11 radical (unpaired) electrons. The minimum atomic E-state index is -3.72. The lowest BCUT2D eigenvalue weighted by molar-refractivity contribution is -0.160. The van der Waals surface area contributed by atoms with Crippen molar-refractivity contribution in [1.29, 1.82) is 0 Å². The fourth-order valence-corrected chi connectivity index (χ4v) is 10.3. The van der Waals surface area contributed by atoms with Crippen LogP contribution in [-0.4, -0.2) is 211 Å². The van der Waals surface area contributed by atoms with Crippen LogP contribution in [0.15, 0.2) is 146 Å². The van der Waals surface area contributed by atoms with Crippen molar-refractivity contribution in [1.82, 2.24) is 0 Å². The molecule has 43 heteroatoms. The number of anilines is 4. The molecule has 0 saturated carbocycles. The molecule has 0 heterocycles. The standard InChI is InChI=1S/C10H15BN2O4S2.C10H13BN2O3S2.C10H15BN2O2S2.C9H14N2O2S2.C6H6FNO2S.C3H9NS.C2H4Cl2.CBClO.B/c1-16-17-18-7-6-13(8-11)9-2-4-10(5-3-9)19(12,14)15;1-17-7-6-13(10(11)14)8-2-4-9(5-3-8)18(12,15)16;1-16-7-6-13(8-11)9-2-4-10(5-3-9)17(12,14)15;1-14-7-6-11-8-2-4-9(5-3-8)15(10,12)13;7-5-1-3-6(4-2-5)11(8,9)10;1-5-3-2-4;3-1-2-4;2-1(3)4;/h2-5H,6-8H2,1H3,(H2,12,14,15);2-5H,6-7H2,1H3,(H2,12,15,16);2-5H,6-8H2,1H3,(H2,12,14,15);2-5,11H,6-7H2,1H3,(H2,10,12,13);1-4H,(H2,8,9,10);2-4H2,1H3;1-2H2;;. The molecule has 13 N–H and O–H groups in total. The van der Waals surface area contributed by atoms with Gasteiger partial charge in [0, 0.05) is 116 Å². The van der Waals surface area contributed by atoms with E-state index >= 15 is 0 Å². The Morgan fingerprint density at radius 2 is 0.809 bits per heavy atom. The molecule has 0 atom stereocenters. The molecule has 5 aromatic rings. The lowest BCUT2D eigenvalue weighted by Gasteiger charge is -2.23. The number of rotatable bonds is 28. The van der Waals surface area contributed by atoms with Gasteiger partial charge in [-0.15, -0.1) is 23.2 Å². The Balaban J connectivity index is -0.000000515. The third-order valence-electron chi connectivity index (χ3n) is 10.2. The fourth-order valence-electron chi connectivity index (χ4n) is 5.94. The number of nitrogens with two attached hydrogens (primary N) is 6. The summed E-state index contributed by atoms with van der Waals surface area (Å²) >= 11 is 22.5. The van der Waals surface area contributed by atoms with Crippen molar-refractivity contribution in [2.75, 3.05) is 138 Å². The Hall–Kier alpha value is -3.06. The van der Waals surface area contributed by atoms with E-state index in [0.29, 0.717) is 49.2 Å². The van der Waals surface area contributed by atoms with Gasteiger partial charge in [-0.3, -0.25) is 9.59 Å². The maximum atomic E-state index is 12.2. The van der Waals surface area contributed by atoms with Gasteiger partial charge in [0.25, 0.3) is 0 Å². The number of sulfonamides is 5. The van der Waals surface area contributed by atoms with Crippen molar-refractivity contribution in [3.63, 3.8) is 0 Å². The summed E-state index contributed by atoms with van der Waals surface area (Å²) in [5.41, 5.74) is 8.27. The van der Waals surface area contributed by atoms with Crippen molar-refractivity contribution in [3.8, 4) is 0 Å². The number of carbonyl (C=O) groups excluding carboxylic acids is 2.